The number of nitrogens with one attached hydrogen (secondary N) is 2. The molecule has 0 spiro atoms. The highest BCUT2D eigenvalue weighted by atomic mass is 32.2. The molecule has 4 aromatic rings. The van der Waals surface area contributed by atoms with Gasteiger partial charge in [0.05, 0.1) is 6.04 Å². The Bertz CT molecular complexity index is 1760. The van der Waals surface area contributed by atoms with Crippen molar-refractivity contribution in [2.24, 2.45) is 5.92 Å². The number of carbonyl (C=O) groups excluding carboxylic acids is 2. The first kappa shape index (κ1) is 26.6. The maximum Gasteiger partial charge on any atom is 0.292 e. The SMILES string of the molecule is C#Cc1ccc2[nH]c(S(=O)(=O)N3CCN(C(=O)c4ncc(-c5ccncc5)cn4)C(CNC(=O)C4CC4)C3)cc2c1. The van der Waals surface area contributed by atoms with E-state index < -0.39 is 22.0 Å². The molecule has 12 heteroatoms. The van der Waals surface area contributed by atoms with Gasteiger partial charge in [-0.15, -0.1) is 6.42 Å². The minimum absolute atomic E-state index is 0.000903. The minimum atomic E-state index is -3.93. The second-order valence-electron chi connectivity index (χ2n) is 10.1. The van der Waals surface area contributed by atoms with Crippen LogP contribution in [-0.2, 0) is 14.8 Å². The lowest BCUT2D eigenvalue weighted by Crippen LogP contribution is -2.60. The van der Waals surface area contributed by atoms with E-state index in [2.05, 4.69) is 31.2 Å². The number of pyridine rings is 1. The van der Waals surface area contributed by atoms with Gasteiger partial charge in [0.25, 0.3) is 15.9 Å². The van der Waals surface area contributed by atoms with Crippen molar-refractivity contribution in [2.45, 2.75) is 23.9 Å². The number of benzene rings is 1. The molecule has 6 rings (SSSR count). The van der Waals surface area contributed by atoms with Crippen LogP contribution in [0.1, 0.15) is 29.0 Å². The highest BCUT2D eigenvalue weighted by Gasteiger charge is 2.39. The van der Waals surface area contributed by atoms with E-state index >= 15 is 0 Å². The number of terminal acetylenes is 1. The van der Waals surface area contributed by atoms with Gasteiger partial charge in [-0.2, -0.15) is 4.31 Å². The molecule has 2 fully saturated rings. The van der Waals surface area contributed by atoms with Crippen LogP contribution in [0.4, 0.5) is 0 Å². The fourth-order valence-electron chi connectivity index (χ4n) is 4.93. The molecule has 1 aromatic carbocycles. The van der Waals surface area contributed by atoms with E-state index in [4.69, 9.17) is 6.42 Å². The zero-order valence-corrected chi connectivity index (χ0v) is 22.8. The summed E-state index contributed by atoms with van der Waals surface area (Å²) >= 11 is 0. The predicted molar refractivity (Wildman–Crippen MR) is 151 cm³/mol. The van der Waals surface area contributed by atoms with Crippen LogP contribution >= 0.6 is 0 Å². The molecule has 0 radical (unpaired) electrons. The smallest absolute Gasteiger partial charge is 0.292 e. The fraction of sp³-hybridized carbons (Fsp3) is 0.276. The van der Waals surface area contributed by atoms with Crippen molar-refractivity contribution in [3.8, 4) is 23.5 Å². The Morgan fingerprint density at radius 1 is 1.05 bits per heavy atom. The Balaban J connectivity index is 1.23. The monoisotopic (exact) mass is 569 g/mol. The molecule has 3 aromatic heterocycles. The summed E-state index contributed by atoms with van der Waals surface area (Å²) in [5.41, 5.74) is 2.90. The second kappa shape index (κ2) is 10.8. The Hall–Kier alpha value is -4.60. The molecule has 1 atom stereocenters. The molecule has 0 bridgehead atoms. The lowest BCUT2D eigenvalue weighted by atomic mass is 10.1. The van der Waals surface area contributed by atoms with Crippen LogP contribution < -0.4 is 5.32 Å². The van der Waals surface area contributed by atoms with Crippen molar-refractivity contribution in [2.75, 3.05) is 26.2 Å². The molecule has 4 heterocycles. The molecule has 1 saturated heterocycles. The van der Waals surface area contributed by atoms with Crippen molar-refractivity contribution < 1.29 is 18.0 Å². The summed E-state index contributed by atoms with van der Waals surface area (Å²) in [5.74, 6) is 2.01. The third-order valence-electron chi connectivity index (χ3n) is 7.40. The average molecular weight is 570 g/mol. The Labute approximate surface area is 237 Å². The van der Waals surface area contributed by atoms with Crippen LogP contribution in [0.2, 0.25) is 0 Å². The van der Waals surface area contributed by atoms with Crippen LogP contribution in [0.5, 0.6) is 0 Å². The summed E-state index contributed by atoms with van der Waals surface area (Å²) in [6, 6.07) is 9.82. The Morgan fingerprint density at radius 2 is 1.80 bits per heavy atom. The first-order valence-electron chi connectivity index (χ1n) is 13.2. The van der Waals surface area contributed by atoms with Crippen molar-refractivity contribution in [1.82, 2.24) is 34.5 Å². The van der Waals surface area contributed by atoms with Gasteiger partial charge >= 0.3 is 0 Å². The standard InChI is InChI=1S/C29H27N7O4S/c1-2-19-3-6-25-22(13-19)14-26(34-25)41(39,40)35-11-12-36(24(18-35)17-33-28(37)21-4-5-21)29(38)27-31-15-23(16-32-27)20-7-9-30-10-8-20/h1,3,6-10,13-16,21,24,34H,4-5,11-12,17-18H2,(H,33,37). The topological polar surface area (TPSA) is 141 Å². The maximum absolute atomic E-state index is 13.7. The number of sulfonamides is 1. The maximum atomic E-state index is 13.7. The molecule has 1 aliphatic heterocycles. The molecule has 1 aliphatic carbocycles. The van der Waals surface area contributed by atoms with Crippen molar-refractivity contribution in [3.05, 3.63) is 72.6 Å². The van der Waals surface area contributed by atoms with Gasteiger partial charge in [0.1, 0.15) is 5.03 Å². The number of nitrogens with zero attached hydrogens (tertiary/aromatic N) is 5. The first-order valence-corrected chi connectivity index (χ1v) is 14.7. The van der Waals surface area contributed by atoms with E-state index in [-0.39, 0.29) is 48.9 Å². The quantitative estimate of drug-likeness (QED) is 0.325. The largest absolute Gasteiger partial charge is 0.354 e. The zero-order chi connectivity index (χ0) is 28.6. The summed E-state index contributed by atoms with van der Waals surface area (Å²) in [6.45, 7) is 0.291. The third kappa shape index (κ3) is 5.41. The fourth-order valence-corrected chi connectivity index (χ4v) is 6.41. The van der Waals surface area contributed by atoms with Crippen LogP contribution in [0.15, 0.2) is 66.2 Å². The van der Waals surface area contributed by atoms with E-state index in [1.165, 1.54) is 4.31 Å². The van der Waals surface area contributed by atoms with Crippen molar-refractivity contribution in [1.29, 1.82) is 0 Å². The summed E-state index contributed by atoms with van der Waals surface area (Å²) in [6.07, 6.45) is 13.6. The number of hydrogen-bond donors (Lipinski definition) is 2. The number of piperazine rings is 1. The highest BCUT2D eigenvalue weighted by molar-refractivity contribution is 7.89. The van der Waals surface area contributed by atoms with E-state index in [1.54, 1.807) is 54.0 Å². The second-order valence-corrected chi connectivity index (χ2v) is 12.1. The molecule has 1 saturated carbocycles. The van der Waals surface area contributed by atoms with Gasteiger partial charge in [-0.1, -0.05) is 5.92 Å². The normalized spacial score (nSPS) is 17.7. The molecule has 41 heavy (non-hydrogen) atoms. The Morgan fingerprint density at radius 3 is 2.51 bits per heavy atom. The average Bonchev–Trinajstić information content (AvgIpc) is 3.78. The molecule has 2 amide bonds. The van der Waals surface area contributed by atoms with E-state index in [0.29, 0.717) is 16.5 Å². The summed E-state index contributed by atoms with van der Waals surface area (Å²) in [4.78, 5) is 43.1. The molecule has 11 nitrogen and oxygen atoms in total. The molecule has 208 valence electrons. The van der Waals surface area contributed by atoms with E-state index in [0.717, 1.165) is 24.0 Å². The number of H-pyrrole nitrogens is 1. The van der Waals surface area contributed by atoms with Gasteiger partial charge < -0.3 is 15.2 Å². The molecule has 2 N–H and O–H groups in total. The number of aromatic amines is 1. The van der Waals surface area contributed by atoms with Crippen molar-refractivity contribution >= 4 is 32.7 Å². The Kier molecular flexibility index (Phi) is 6.98. The number of amides is 2. The van der Waals surface area contributed by atoms with Gasteiger partial charge in [-0.3, -0.25) is 14.6 Å². The number of hydrogen-bond acceptors (Lipinski definition) is 7. The predicted octanol–water partition coefficient (Wildman–Crippen LogP) is 2.04. The molecule has 1 unspecified atom stereocenters. The van der Waals surface area contributed by atoms with Gasteiger partial charge in [-0.05, 0) is 54.8 Å². The lowest BCUT2D eigenvalue weighted by molar-refractivity contribution is -0.122. The lowest BCUT2D eigenvalue weighted by Gasteiger charge is -2.40. The van der Waals surface area contributed by atoms with Gasteiger partial charge in [0.2, 0.25) is 11.7 Å². The molecular weight excluding hydrogens is 542 g/mol. The number of carbonyl (C=O) groups is 2. The van der Waals surface area contributed by atoms with Crippen LogP contribution in [-0.4, -0.2) is 81.6 Å². The van der Waals surface area contributed by atoms with Gasteiger partial charge in [0.15, 0.2) is 0 Å². The van der Waals surface area contributed by atoms with Gasteiger partial charge in [0, 0.05) is 78.9 Å². The zero-order valence-electron chi connectivity index (χ0n) is 22.0. The van der Waals surface area contributed by atoms with Crippen LogP contribution in [0.3, 0.4) is 0 Å². The minimum Gasteiger partial charge on any atom is -0.354 e. The number of aromatic nitrogens is 4. The third-order valence-corrected chi connectivity index (χ3v) is 9.19. The van der Waals surface area contributed by atoms with Gasteiger partial charge in [-0.25, -0.2) is 18.4 Å². The first-order chi connectivity index (χ1) is 19.8. The summed E-state index contributed by atoms with van der Waals surface area (Å²) < 4.78 is 28.7. The number of rotatable bonds is 7. The van der Waals surface area contributed by atoms with Crippen LogP contribution in [0.25, 0.3) is 22.0 Å². The van der Waals surface area contributed by atoms with Crippen molar-refractivity contribution in [3.63, 3.8) is 0 Å². The van der Waals surface area contributed by atoms with E-state index in [9.17, 15) is 18.0 Å². The molecular formula is C29H27N7O4S. The highest BCUT2D eigenvalue weighted by Crippen LogP contribution is 2.29. The van der Waals surface area contributed by atoms with E-state index in [1.807, 2.05) is 12.1 Å². The summed E-state index contributed by atoms with van der Waals surface area (Å²) in [5, 5.41) is 3.63. The van der Waals surface area contributed by atoms with Crippen LogP contribution in [0, 0.1) is 18.3 Å². The number of fused-ring (bicyclic) bond motifs is 1. The summed E-state index contributed by atoms with van der Waals surface area (Å²) in [7, 11) is -3.93. The molecule has 2 aliphatic rings.